The second-order valence-corrected chi connectivity index (χ2v) is 9.75. The van der Waals surface area contributed by atoms with Gasteiger partial charge in [-0.3, -0.25) is 4.99 Å². The van der Waals surface area contributed by atoms with Crippen LogP contribution in [0.3, 0.4) is 0 Å². The molecule has 0 unspecified atom stereocenters. The summed E-state index contributed by atoms with van der Waals surface area (Å²) in [6, 6.07) is 28.6. The molecule has 2 amide bonds. The van der Waals surface area contributed by atoms with Gasteiger partial charge in [0.15, 0.2) is 5.66 Å². The highest BCUT2D eigenvalue weighted by molar-refractivity contribution is 8.15. The minimum Gasteiger partial charge on any atom is -0.324 e. The lowest BCUT2D eigenvalue weighted by molar-refractivity contribution is 0.175. The number of rotatable bonds is 4. The van der Waals surface area contributed by atoms with Gasteiger partial charge in [-0.25, -0.2) is 9.79 Å². The topological polar surface area (TPSA) is 57.1 Å². The molecule has 0 saturated carbocycles. The van der Waals surface area contributed by atoms with Crippen LogP contribution in [0.25, 0.3) is 0 Å². The Labute approximate surface area is 205 Å². The van der Waals surface area contributed by atoms with Gasteiger partial charge in [-0.15, -0.1) is 0 Å². The lowest BCUT2D eigenvalue weighted by Crippen LogP contribution is -2.46. The van der Waals surface area contributed by atoms with E-state index in [9.17, 15) is 4.79 Å². The maximum absolute atomic E-state index is 12.8. The average Bonchev–Trinajstić information content (AvgIpc) is 3.22. The molecule has 0 aliphatic carbocycles. The highest BCUT2D eigenvalue weighted by atomic mass is 32.2. The lowest BCUT2D eigenvalue weighted by Gasteiger charge is -2.35. The molecule has 0 aromatic heterocycles. The number of carbonyl (C=O) groups is 1. The standard InChI is InChI=1S/C28H28N4OS/c1-21-9-8-14-24(19-21)29-27(33)32-17-15-28(16-18-32)30-25(23-12-6-3-7-13-23)26(31-28)34-20-22-10-4-2-5-11-22/h2-14,19H,15-18,20H2,1H3,(H,29,33). The molecule has 5 nitrogen and oxygen atoms in total. The van der Waals surface area contributed by atoms with Crippen molar-refractivity contribution in [2.75, 3.05) is 18.4 Å². The van der Waals surface area contributed by atoms with Crippen molar-refractivity contribution < 1.29 is 4.79 Å². The van der Waals surface area contributed by atoms with E-state index in [2.05, 4.69) is 41.7 Å². The molecule has 2 aliphatic heterocycles. The van der Waals surface area contributed by atoms with Crippen molar-refractivity contribution >= 4 is 34.2 Å². The van der Waals surface area contributed by atoms with Crippen molar-refractivity contribution in [2.45, 2.75) is 31.2 Å². The van der Waals surface area contributed by atoms with E-state index in [-0.39, 0.29) is 6.03 Å². The first kappa shape index (κ1) is 22.4. The Morgan fingerprint density at radius 1 is 0.941 bits per heavy atom. The predicted molar refractivity (Wildman–Crippen MR) is 142 cm³/mol. The van der Waals surface area contributed by atoms with E-state index in [0.717, 1.165) is 46.2 Å². The van der Waals surface area contributed by atoms with Crippen LogP contribution >= 0.6 is 11.8 Å². The van der Waals surface area contributed by atoms with Crippen LogP contribution in [0.4, 0.5) is 10.5 Å². The molecule has 172 valence electrons. The fourth-order valence-corrected chi connectivity index (χ4v) is 5.38. The van der Waals surface area contributed by atoms with Crippen LogP contribution in [-0.4, -0.2) is 40.4 Å². The molecule has 0 bridgehead atoms. The van der Waals surface area contributed by atoms with Gasteiger partial charge in [0.2, 0.25) is 0 Å². The summed E-state index contributed by atoms with van der Waals surface area (Å²) in [4.78, 5) is 25.0. The molecule has 1 saturated heterocycles. The van der Waals surface area contributed by atoms with Crippen molar-refractivity contribution in [3.05, 3.63) is 102 Å². The van der Waals surface area contributed by atoms with Crippen molar-refractivity contribution in [1.29, 1.82) is 0 Å². The number of benzene rings is 3. The lowest BCUT2D eigenvalue weighted by atomic mass is 9.98. The largest absolute Gasteiger partial charge is 0.324 e. The number of anilines is 1. The number of hydrogen-bond acceptors (Lipinski definition) is 4. The minimum atomic E-state index is -0.482. The molecule has 34 heavy (non-hydrogen) atoms. The number of urea groups is 1. The molecule has 3 aromatic carbocycles. The molecule has 5 rings (SSSR count). The van der Waals surface area contributed by atoms with Crippen molar-refractivity contribution in [3.63, 3.8) is 0 Å². The number of piperidine rings is 1. The summed E-state index contributed by atoms with van der Waals surface area (Å²) in [5, 5.41) is 4.02. The second kappa shape index (κ2) is 9.85. The van der Waals surface area contributed by atoms with E-state index in [4.69, 9.17) is 9.98 Å². The SMILES string of the molecule is Cc1cccc(NC(=O)N2CCC3(CC2)N=C(SCc2ccccc2)C(c2ccccc2)=N3)c1. The molecular weight excluding hydrogens is 440 g/mol. The summed E-state index contributed by atoms with van der Waals surface area (Å²) in [5.41, 5.74) is 4.81. The fraction of sp³-hybridized carbons (Fsp3) is 0.250. The maximum Gasteiger partial charge on any atom is 0.321 e. The van der Waals surface area contributed by atoms with Crippen LogP contribution in [0, 0.1) is 6.92 Å². The van der Waals surface area contributed by atoms with Gasteiger partial charge < -0.3 is 10.2 Å². The zero-order chi connectivity index (χ0) is 23.4. The molecule has 6 heteroatoms. The van der Waals surface area contributed by atoms with Gasteiger partial charge in [0.1, 0.15) is 5.04 Å². The first-order chi connectivity index (χ1) is 16.6. The van der Waals surface area contributed by atoms with Gasteiger partial charge in [-0.05, 0) is 30.2 Å². The first-order valence-corrected chi connectivity index (χ1v) is 12.6. The number of thioether (sulfide) groups is 1. The predicted octanol–water partition coefficient (Wildman–Crippen LogP) is 6.15. The van der Waals surface area contributed by atoms with Gasteiger partial charge >= 0.3 is 6.03 Å². The Kier molecular flexibility index (Phi) is 6.50. The van der Waals surface area contributed by atoms with Crippen LogP contribution in [0.2, 0.25) is 0 Å². The quantitative estimate of drug-likeness (QED) is 0.499. The summed E-state index contributed by atoms with van der Waals surface area (Å²) in [5.74, 6) is 0.854. The van der Waals surface area contributed by atoms with E-state index in [0.29, 0.717) is 13.1 Å². The number of amides is 2. The molecule has 3 aromatic rings. The first-order valence-electron chi connectivity index (χ1n) is 11.7. The Morgan fingerprint density at radius 2 is 1.65 bits per heavy atom. The number of carbonyl (C=O) groups excluding carboxylic acids is 1. The summed E-state index contributed by atoms with van der Waals surface area (Å²) in [7, 11) is 0. The minimum absolute atomic E-state index is 0.0617. The molecule has 0 atom stereocenters. The Morgan fingerprint density at radius 3 is 2.35 bits per heavy atom. The average molecular weight is 469 g/mol. The van der Waals surface area contributed by atoms with Gasteiger partial charge in [0, 0.05) is 42.9 Å². The summed E-state index contributed by atoms with van der Waals surface area (Å²) in [6.45, 7) is 3.28. The van der Waals surface area contributed by atoms with Gasteiger partial charge in [-0.1, -0.05) is 84.6 Å². The molecule has 0 radical (unpaired) electrons. The Balaban J connectivity index is 1.30. The van der Waals surface area contributed by atoms with Crippen LogP contribution < -0.4 is 5.32 Å². The van der Waals surface area contributed by atoms with E-state index in [1.54, 1.807) is 11.8 Å². The molecule has 1 spiro atoms. The number of nitrogens with zero attached hydrogens (tertiary/aromatic N) is 3. The van der Waals surface area contributed by atoms with Crippen LogP contribution in [-0.2, 0) is 5.75 Å². The van der Waals surface area contributed by atoms with Crippen LogP contribution in [0.1, 0.15) is 29.5 Å². The number of nitrogens with one attached hydrogen (secondary N) is 1. The fourth-order valence-electron chi connectivity index (χ4n) is 4.35. The smallest absolute Gasteiger partial charge is 0.321 e. The van der Waals surface area contributed by atoms with Crippen molar-refractivity contribution in [2.24, 2.45) is 9.98 Å². The zero-order valence-corrected chi connectivity index (χ0v) is 20.1. The Bertz CT molecular complexity index is 1220. The third kappa shape index (κ3) is 5.07. The Hall–Kier alpha value is -3.38. The normalized spacial score (nSPS) is 16.8. The molecule has 2 heterocycles. The summed E-state index contributed by atoms with van der Waals surface area (Å²) >= 11 is 1.74. The van der Waals surface area contributed by atoms with Crippen molar-refractivity contribution in [1.82, 2.24) is 4.90 Å². The monoisotopic (exact) mass is 468 g/mol. The molecular formula is C28H28N4OS. The number of hydrogen-bond donors (Lipinski definition) is 1. The van der Waals surface area contributed by atoms with Gasteiger partial charge in [0.25, 0.3) is 0 Å². The second-order valence-electron chi connectivity index (χ2n) is 8.79. The highest BCUT2D eigenvalue weighted by Crippen LogP contribution is 2.36. The number of likely N-dealkylation sites (tertiary alicyclic amines) is 1. The van der Waals surface area contributed by atoms with Gasteiger partial charge in [0.05, 0.1) is 5.71 Å². The summed E-state index contributed by atoms with van der Waals surface area (Å²) < 4.78 is 0. The number of aliphatic imine (C=N–C) groups is 2. The third-order valence-electron chi connectivity index (χ3n) is 6.22. The van der Waals surface area contributed by atoms with E-state index < -0.39 is 5.66 Å². The highest BCUT2D eigenvalue weighted by Gasteiger charge is 2.40. The molecule has 1 fully saturated rings. The maximum atomic E-state index is 12.8. The van der Waals surface area contributed by atoms with Crippen LogP contribution in [0.5, 0.6) is 0 Å². The summed E-state index contributed by atoms with van der Waals surface area (Å²) in [6.07, 6.45) is 1.44. The third-order valence-corrected chi connectivity index (χ3v) is 7.25. The molecule has 1 N–H and O–H groups in total. The van der Waals surface area contributed by atoms with Crippen LogP contribution in [0.15, 0.2) is 94.9 Å². The number of aryl methyl sites for hydroxylation is 1. The molecule has 2 aliphatic rings. The van der Waals surface area contributed by atoms with E-state index in [1.807, 2.05) is 60.4 Å². The zero-order valence-electron chi connectivity index (χ0n) is 19.3. The van der Waals surface area contributed by atoms with E-state index in [1.165, 1.54) is 5.56 Å². The van der Waals surface area contributed by atoms with E-state index >= 15 is 0 Å². The van der Waals surface area contributed by atoms with Gasteiger partial charge in [-0.2, -0.15) is 0 Å². The van der Waals surface area contributed by atoms with Crippen molar-refractivity contribution in [3.8, 4) is 0 Å².